The van der Waals surface area contributed by atoms with Gasteiger partial charge < -0.3 is 9.26 Å². The molecule has 0 saturated carbocycles. The Morgan fingerprint density at radius 3 is 2.63 bits per heavy atom. The summed E-state index contributed by atoms with van der Waals surface area (Å²) >= 11 is 0. The molecule has 0 fully saturated rings. The van der Waals surface area contributed by atoms with Gasteiger partial charge in [0.2, 0.25) is 21.7 Å². The number of ether oxygens (including phenoxy) is 1. The third-order valence-electron chi connectivity index (χ3n) is 2.40. The summed E-state index contributed by atoms with van der Waals surface area (Å²) in [5, 5.41) is 8.73. The molecule has 2 aromatic rings. The minimum atomic E-state index is -3.70. The van der Waals surface area contributed by atoms with Crippen molar-refractivity contribution >= 4 is 10.0 Å². The van der Waals surface area contributed by atoms with Crippen molar-refractivity contribution in [2.75, 3.05) is 0 Å². The lowest BCUT2D eigenvalue weighted by Gasteiger charge is -2.08. The van der Waals surface area contributed by atoms with Gasteiger partial charge >= 0.3 is 0 Å². The fourth-order valence-electron chi connectivity index (χ4n) is 1.50. The van der Waals surface area contributed by atoms with Crippen molar-refractivity contribution < 1.29 is 17.7 Å². The van der Waals surface area contributed by atoms with E-state index >= 15 is 0 Å². The predicted octanol–water partition coefficient (Wildman–Crippen LogP) is 0.913. The van der Waals surface area contributed by atoms with Crippen LogP contribution in [0, 0.1) is 13.8 Å². The van der Waals surface area contributed by atoms with Gasteiger partial charge in [-0.1, -0.05) is 5.16 Å². The van der Waals surface area contributed by atoms with Crippen LogP contribution in [0.2, 0.25) is 0 Å². The number of rotatable bonds is 4. The van der Waals surface area contributed by atoms with Crippen LogP contribution in [0.3, 0.4) is 0 Å². The molecule has 0 spiro atoms. The minimum absolute atomic E-state index is 0.0488. The largest absolute Gasteiger partial charge is 0.485 e. The Morgan fingerprint density at radius 1 is 1.37 bits per heavy atom. The van der Waals surface area contributed by atoms with Crippen molar-refractivity contribution in [3.8, 4) is 5.75 Å². The second-order valence-electron chi connectivity index (χ2n) is 3.99. The smallest absolute Gasteiger partial charge is 0.238 e. The Hall–Kier alpha value is -1.93. The topological polar surface area (TPSA) is 108 Å². The van der Waals surface area contributed by atoms with Crippen LogP contribution in [-0.4, -0.2) is 18.6 Å². The molecule has 2 N–H and O–H groups in total. The number of benzene rings is 1. The first-order valence-electron chi connectivity index (χ1n) is 5.42. The fourth-order valence-corrected chi connectivity index (χ4v) is 2.10. The van der Waals surface area contributed by atoms with E-state index in [1.165, 1.54) is 12.1 Å². The summed E-state index contributed by atoms with van der Waals surface area (Å²) in [6, 6.07) is 4.38. The van der Waals surface area contributed by atoms with E-state index in [-0.39, 0.29) is 11.5 Å². The average Bonchev–Trinajstić information content (AvgIpc) is 2.72. The lowest BCUT2D eigenvalue weighted by Crippen LogP contribution is -2.12. The van der Waals surface area contributed by atoms with Crippen LogP contribution >= 0.6 is 0 Å². The van der Waals surface area contributed by atoms with E-state index in [2.05, 4.69) is 10.1 Å². The summed E-state index contributed by atoms with van der Waals surface area (Å²) in [5.74, 6) is 1.42. The maximum Gasteiger partial charge on any atom is 0.238 e. The standard InChI is InChI=1S/C11H13N3O4S/c1-7-5-9(19(12,15)16)3-4-10(7)17-6-11-13-8(2)18-14-11/h3-5H,6H2,1-2H3,(H2,12,15,16). The van der Waals surface area contributed by atoms with Gasteiger partial charge in [0.15, 0.2) is 6.61 Å². The lowest BCUT2D eigenvalue weighted by atomic mass is 10.2. The zero-order chi connectivity index (χ0) is 14.0. The number of hydrogen-bond acceptors (Lipinski definition) is 6. The first-order chi connectivity index (χ1) is 8.86. The van der Waals surface area contributed by atoms with Crippen LogP contribution in [0.25, 0.3) is 0 Å². The number of aromatic nitrogens is 2. The first kappa shape index (κ1) is 13.5. The van der Waals surface area contributed by atoms with Crippen LogP contribution < -0.4 is 9.88 Å². The van der Waals surface area contributed by atoms with Gasteiger partial charge in [0, 0.05) is 6.92 Å². The lowest BCUT2D eigenvalue weighted by molar-refractivity contribution is 0.284. The van der Waals surface area contributed by atoms with Crippen LogP contribution in [0.1, 0.15) is 17.3 Å². The SMILES string of the molecule is Cc1nc(COc2ccc(S(N)(=O)=O)cc2C)no1. The molecule has 0 unspecified atom stereocenters. The number of hydrogen-bond donors (Lipinski definition) is 1. The van der Waals surface area contributed by atoms with Gasteiger partial charge in [0.05, 0.1) is 4.90 Å². The maximum absolute atomic E-state index is 11.2. The second-order valence-corrected chi connectivity index (χ2v) is 5.55. The average molecular weight is 283 g/mol. The van der Waals surface area contributed by atoms with E-state index < -0.39 is 10.0 Å². The zero-order valence-corrected chi connectivity index (χ0v) is 11.3. The Kier molecular flexibility index (Phi) is 3.54. The van der Waals surface area contributed by atoms with Crippen molar-refractivity contribution in [1.29, 1.82) is 0 Å². The molecule has 0 aliphatic heterocycles. The molecular weight excluding hydrogens is 270 g/mol. The molecule has 0 saturated heterocycles. The third kappa shape index (κ3) is 3.30. The van der Waals surface area contributed by atoms with E-state index in [1.54, 1.807) is 19.9 Å². The molecule has 0 radical (unpaired) electrons. The van der Waals surface area contributed by atoms with Gasteiger partial charge in [-0.15, -0.1) is 0 Å². The van der Waals surface area contributed by atoms with E-state index in [4.69, 9.17) is 14.4 Å². The first-order valence-corrected chi connectivity index (χ1v) is 6.96. The molecule has 1 aromatic heterocycles. The number of aryl methyl sites for hydroxylation is 2. The quantitative estimate of drug-likeness (QED) is 0.893. The highest BCUT2D eigenvalue weighted by Crippen LogP contribution is 2.21. The molecule has 1 heterocycles. The van der Waals surface area contributed by atoms with Crippen molar-refractivity contribution in [1.82, 2.24) is 10.1 Å². The van der Waals surface area contributed by atoms with Crippen molar-refractivity contribution in [3.63, 3.8) is 0 Å². The van der Waals surface area contributed by atoms with Gasteiger partial charge in [-0.05, 0) is 30.7 Å². The number of nitrogens with zero attached hydrogens (tertiary/aromatic N) is 2. The van der Waals surface area contributed by atoms with E-state index in [9.17, 15) is 8.42 Å². The molecular formula is C11H13N3O4S. The van der Waals surface area contributed by atoms with Crippen molar-refractivity contribution in [3.05, 3.63) is 35.5 Å². The molecule has 2 rings (SSSR count). The zero-order valence-electron chi connectivity index (χ0n) is 10.5. The Morgan fingerprint density at radius 2 is 2.11 bits per heavy atom. The monoisotopic (exact) mass is 283 g/mol. The molecule has 7 nitrogen and oxygen atoms in total. The molecule has 0 bridgehead atoms. The highest BCUT2D eigenvalue weighted by atomic mass is 32.2. The van der Waals surface area contributed by atoms with Gasteiger partial charge in [0.25, 0.3) is 0 Å². The highest BCUT2D eigenvalue weighted by Gasteiger charge is 2.11. The molecule has 0 aliphatic carbocycles. The van der Waals surface area contributed by atoms with Crippen LogP contribution in [-0.2, 0) is 16.6 Å². The van der Waals surface area contributed by atoms with Gasteiger partial charge in [-0.2, -0.15) is 4.98 Å². The van der Waals surface area contributed by atoms with Crippen LogP contribution in [0.15, 0.2) is 27.6 Å². The summed E-state index contributed by atoms with van der Waals surface area (Å²) in [5.41, 5.74) is 0.659. The van der Waals surface area contributed by atoms with Gasteiger partial charge in [0.1, 0.15) is 5.75 Å². The van der Waals surface area contributed by atoms with Gasteiger partial charge in [-0.25, -0.2) is 13.6 Å². The summed E-state index contributed by atoms with van der Waals surface area (Å²) in [6.45, 7) is 3.56. The summed E-state index contributed by atoms with van der Waals surface area (Å²) in [7, 11) is -3.70. The maximum atomic E-state index is 11.2. The van der Waals surface area contributed by atoms with Crippen LogP contribution in [0.4, 0.5) is 0 Å². The summed E-state index contributed by atoms with van der Waals surface area (Å²) < 4.78 is 32.7. The molecule has 1 aromatic carbocycles. The Bertz CT molecular complexity index is 694. The molecule has 102 valence electrons. The molecule has 0 amide bonds. The van der Waals surface area contributed by atoms with Crippen LogP contribution in [0.5, 0.6) is 5.75 Å². The number of nitrogens with two attached hydrogens (primary N) is 1. The third-order valence-corrected chi connectivity index (χ3v) is 3.31. The summed E-state index contributed by atoms with van der Waals surface area (Å²) in [6.07, 6.45) is 0. The normalized spacial score (nSPS) is 11.5. The number of sulfonamides is 1. The van der Waals surface area contributed by atoms with Crippen molar-refractivity contribution in [2.24, 2.45) is 5.14 Å². The van der Waals surface area contributed by atoms with E-state index in [1.807, 2.05) is 0 Å². The Balaban J connectivity index is 2.14. The molecule has 8 heteroatoms. The number of primary sulfonamides is 1. The molecule has 0 aliphatic rings. The molecule has 0 atom stereocenters. The minimum Gasteiger partial charge on any atom is -0.485 e. The summed E-state index contributed by atoms with van der Waals surface area (Å²) in [4.78, 5) is 4.04. The van der Waals surface area contributed by atoms with Gasteiger partial charge in [-0.3, -0.25) is 0 Å². The van der Waals surface area contributed by atoms with Crippen molar-refractivity contribution in [2.45, 2.75) is 25.3 Å². The molecule has 19 heavy (non-hydrogen) atoms. The highest BCUT2D eigenvalue weighted by molar-refractivity contribution is 7.89. The van der Waals surface area contributed by atoms with E-state index in [0.29, 0.717) is 23.0 Å². The predicted molar refractivity (Wildman–Crippen MR) is 65.9 cm³/mol. The second kappa shape index (κ2) is 4.98. The fraction of sp³-hybridized carbons (Fsp3) is 0.273. The Labute approximate surface area is 110 Å². The van der Waals surface area contributed by atoms with E-state index in [0.717, 1.165) is 0 Å².